The van der Waals surface area contributed by atoms with E-state index in [1.54, 1.807) is 6.07 Å². The predicted molar refractivity (Wildman–Crippen MR) is 84.6 cm³/mol. The maximum Gasteiger partial charge on any atom is 0.141 e. The van der Waals surface area contributed by atoms with Gasteiger partial charge >= 0.3 is 0 Å². The first-order valence-corrected chi connectivity index (χ1v) is 8.15. The molecular weight excluding hydrogens is 265 g/mol. The number of likely N-dealkylation sites (tertiary alicyclic amines) is 1. The van der Waals surface area contributed by atoms with Crippen molar-refractivity contribution in [3.63, 3.8) is 0 Å². The fourth-order valence-electron chi connectivity index (χ4n) is 3.46. The van der Waals surface area contributed by atoms with Gasteiger partial charge in [0, 0.05) is 13.1 Å². The lowest BCUT2D eigenvalue weighted by atomic mass is 9.93. The number of rotatable bonds is 6. The first kappa shape index (κ1) is 16.4. The van der Waals surface area contributed by atoms with Crippen LogP contribution in [0.5, 0.6) is 0 Å². The number of nitrogens with one attached hydrogen (secondary N) is 1. The number of hydrogen-bond donors (Lipinski definition) is 1. The smallest absolute Gasteiger partial charge is 0.141 e. The van der Waals surface area contributed by atoms with Gasteiger partial charge in [0.05, 0.1) is 17.9 Å². The van der Waals surface area contributed by atoms with Crippen LogP contribution in [0.25, 0.3) is 0 Å². The van der Waals surface area contributed by atoms with Gasteiger partial charge in [0.1, 0.15) is 5.82 Å². The number of aromatic nitrogens is 1. The molecule has 1 fully saturated rings. The van der Waals surface area contributed by atoms with Gasteiger partial charge in [0.15, 0.2) is 0 Å². The maximum atomic E-state index is 13.0. The van der Waals surface area contributed by atoms with E-state index in [1.807, 2.05) is 7.05 Å². The molecular formula is C17H28FN3. The van der Waals surface area contributed by atoms with Gasteiger partial charge in [-0.25, -0.2) is 4.39 Å². The highest BCUT2D eigenvalue weighted by Gasteiger charge is 2.24. The Morgan fingerprint density at radius 1 is 1.48 bits per heavy atom. The lowest BCUT2D eigenvalue weighted by Crippen LogP contribution is -2.40. The molecule has 1 aromatic rings. The summed E-state index contributed by atoms with van der Waals surface area (Å²) in [6.07, 6.45) is 5.26. The normalized spacial score (nSPS) is 23.0. The molecule has 4 heteroatoms. The largest absolute Gasteiger partial charge is 0.311 e. The third-order valence-corrected chi connectivity index (χ3v) is 4.68. The third-order valence-electron chi connectivity index (χ3n) is 4.68. The van der Waals surface area contributed by atoms with Crippen LogP contribution in [0.2, 0.25) is 0 Å². The minimum Gasteiger partial charge on any atom is -0.311 e. The molecule has 2 heterocycles. The number of halogens is 1. The van der Waals surface area contributed by atoms with Crippen molar-refractivity contribution in [3.8, 4) is 0 Å². The second-order valence-corrected chi connectivity index (χ2v) is 6.32. The molecule has 3 unspecified atom stereocenters. The molecule has 2 rings (SSSR count). The zero-order chi connectivity index (χ0) is 15.2. The minimum absolute atomic E-state index is 0.174. The molecule has 1 aliphatic rings. The highest BCUT2D eigenvalue weighted by Crippen LogP contribution is 2.24. The molecule has 118 valence electrons. The fourth-order valence-corrected chi connectivity index (χ4v) is 3.46. The topological polar surface area (TPSA) is 28.2 Å². The number of pyridine rings is 1. The summed E-state index contributed by atoms with van der Waals surface area (Å²) in [6, 6.07) is 3.46. The fraction of sp³-hybridized carbons (Fsp3) is 0.706. The van der Waals surface area contributed by atoms with Crippen LogP contribution in [0.3, 0.4) is 0 Å². The lowest BCUT2D eigenvalue weighted by Gasteiger charge is -2.35. The van der Waals surface area contributed by atoms with Crippen LogP contribution in [-0.4, -0.2) is 36.6 Å². The number of hydrogen-bond acceptors (Lipinski definition) is 3. The molecule has 3 nitrogen and oxygen atoms in total. The zero-order valence-corrected chi connectivity index (χ0v) is 13.5. The van der Waals surface area contributed by atoms with Gasteiger partial charge in [-0.1, -0.05) is 20.3 Å². The first-order chi connectivity index (χ1) is 10.1. The Morgan fingerprint density at radius 2 is 2.29 bits per heavy atom. The summed E-state index contributed by atoms with van der Waals surface area (Å²) in [5.74, 6) is 1.02. The second-order valence-electron chi connectivity index (χ2n) is 6.32. The summed E-state index contributed by atoms with van der Waals surface area (Å²) >= 11 is 0. The molecule has 0 aromatic carbocycles. The summed E-state index contributed by atoms with van der Waals surface area (Å²) < 4.78 is 13.0. The van der Waals surface area contributed by atoms with E-state index in [-0.39, 0.29) is 11.9 Å². The van der Waals surface area contributed by atoms with E-state index in [4.69, 9.17) is 0 Å². The Hall–Kier alpha value is -1.00. The highest BCUT2D eigenvalue weighted by molar-refractivity contribution is 5.11. The van der Waals surface area contributed by atoms with Gasteiger partial charge in [0.25, 0.3) is 0 Å². The van der Waals surface area contributed by atoms with Crippen molar-refractivity contribution in [3.05, 3.63) is 29.8 Å². The van der Waals surface area contributed by atoms with Crippen molar-refractivity contribution in [1.82, 2.24) is 15.2 Å². The molecule has 0 radical (unpaired) electrons. The minimum atomic E-state index is -0.275. The van der Waals surface area contributed by atoms with Crippen molar-refractivity contribution >= 4 is 0 Å². The van der Waals surface area contributed by atoms with Crippen LogP contribution in [0.4, 0.5) is 4.39 Å². The van der Waals surface area contributed by atoms with Crippen LogP contribution in [0, 0.1) is 17.7 Å². The summed E-state index contributed by atoms with van der Waals surface area (Å²) in [5, 5.41) is 3.34. The first-order valence-electron chi connectivity index (χ1n) is 8.15. The third kappa shape index (κ3) is 4.48. The van der Waals surface area contributed by atoms with Gasteiger partial charge in [0.2, 0.25) is 0 Å². The van der Waals surface area contributed by atoms with Crippen LogP contribution < -0.4 is 5.32 Å². The molecule has 1 saturated heterocycles. The second kappa shape index (κ2) is 7.85. The van der Waals surface area contributed by atoms with Crippen LogP contribution in [0.1, 0.15) is 44.8 Å². The molecule has 3 atom stereocenters. The van der Waals surface area contributed by atoms with Crippen LogP contribution in [-0.2, 0) is 0 Å². The average Bonchev–Trinajstić information content (AvgIpc) is 2.50. The molecule has 0 saturated carbocycles. The SMILES string of the molecule is CCC1CCCN(CC(C)C(NC)c2ccc(F)cn2)C1. The predicted octanol–water partition coefficient (Wildman–Crippen LogP) is 3.24. The molecule has 1 N–H and O–H groups in total. The summed E-state index contributed by atoms with van der Waals surface area (Å²) in [6.45, 7) is 8.03. The van der Waals surface area contributed by atoms with E-state index in [0.29, 0.717) is 5.92 Å². The molecule has 21 heavy (non-hydrogen) atoms. The lowest BCUT2D eigenvalue weighted by molar-refractivity contribution is 0.141. The Morgan fingerprint density at radius 3 is 2.90 bits per heavy atom. The van der Waals surface area contributed by atoms with Crippen molar-refractivity contribution < 1.29 is 4.39 Å². The summed E-state index contributed by atoms with van der Waals surface area (Å²) in [4.78, 5) is 6.82. The molecule has 0 spiro atoms. The van der Waals surface area contributed by atoms with Gasteiger partial charge < -0.3 is 10.2 Å². The Balaban J connectivity index is 1.96. The highest BCUT2D eigenvalue weighted by atomic mass is 19.1. The van der Waals surface area contributed by atoms with Crippen molar-refractivity contribution in [1.29, 1.82) is 0 Å². The van der Waals surface area contributed by atoms with Gasteiger partial charge in [-0.15, -0.1) is 0 Å². The molecule has 0 amide bonds. The van der Waals surface area contributed by atoms with Crippen LogP contribution in [0.15, 0.2) is 18.3 Å². The van der Waals surface area contributed by atoms with Gasteiger partial charge in [-0.3, -0.25) is 4.98 Å². The molecule has 0 bridgehead atoms. The van der Waals surface area contributed by atoms with Gasteiger partial charge in [-0.05, 0) is 50.4 Å². The van der Waals surface area contributed by atoms with Gasteiger partial charge in [-0.2, -0.15) is 0 Å². The summed E-state index contributed by atoms with van der Waals surface area (Å²) in [5.41, 5.74) is 0.926. The van der Waals surface area contributed by atoms with E-state index in [1.165, 1.54) is 44.6 Å². The standard InChI is InChI=1S/C17H28FN3/c1-4-14-6-5-9-21(12-14)11-13(2)17(19-3)16-8-7-15(18)10-20-16/h7-8,10,13-14,17,19H,4-6,9,11-12H2,1-3H3. The Labute approximate surface area is 127 Å². The average molecular weight is 293 g/mol. The summed E-state index contributed by atoms with van der Waals surface area (Å²) in [7, 11) is 1.96. The zero-order valence-electron chi connectivity index (χ0n) is 13.5. The maximum absolute atomic E-state index is 13.0. The van der Waals surface area contributed by atoms with E-state index in [2.05, 4.69) is 29.0 Å². The molecule has 1 aliphatic heterocycles. The monoisotopic (exact) mass is 293 g/mol. The number of nitrogens with zero attached hydrogens (tertiary/aromatic N) is 2. The van der Waals surface area contributed by atoms with Crippen LogP contribution >= 0.6 is 0 Å². The number of piperidine rings is 1. The Kier molecular flexibility index (Phi) is 6.12. The quantitative estimate of drug-likeness (QED) is 0.873. The van der Waals surface area contributed by atoms with E-state index >= 15 is 0 Å². The van der Waals surface area contributed by atoms with E-state index in [9.17, 15) is 4.39 Å². The van der Waals surface area contributed by atoms with E-state index < -0.39 is 0 Å². The molecule has 0 aliphatic carbocycles. The van der Waals surface area contributed by atoms with Crippen molar-refractivity contribution in [2.75, 3.05) is 26.7 Å². The van der Waals surface area contributed by atoms with Crippen molar-refractivity contribution in [2.45, 2.75) is 39.2 Å². The van der Waals surface area contributed by atoms with E-state index in [0.717, 1.165) is 18.2 Å². The Bertz CT molecular complexity index is 421. The molecule has 1 aromatic heterocycles. The van der Waals surface area contributed by atoms with Crippen molar-refractivity contribution in [2.24, 2.45) is 11.8 Å².